The maximum absolute atomic E-state index is 13.1. The lowest BCUT2D eigenvalue weighted by Gasteiger charge is -2.23. The van der Waals surface area contributed by atoms with Crippen LogP contribution in [0, 0.1) is 0 Å². The second-order valence-corrected chi connectivity index (χ2v) is 10.6. The van der Waals surface area contributed by atoms with Gasteiger partial charge in [0.05, 0.1) is 16.1 Å². The van der Waals surface area contributed by atoms with E-state index in [-0.39, 0.29) is 16.4 Å². The Morgan fingerprint density at radius 1 is 0.711 bits per heavy atom. The number of carbonyl (C=O) groups is 2. The van der Waals surface area contributed by atoms with Gasteiger partial charge in [-0.2, -0.15) is 0 Å². The summed E-state index contributed by atoms with van der Waals surface area (Å²) < 4.78 is 32.7. The minimum Gasteiger partial charge on any atom is -0.452 e. The molecule has 0 aliphatic carbocycles. The lowest BCUT2D eigenvalue weighted by Crippen LogP contribution is -2.34. The monoisotopic (exact) mass is 528 g/mol. The van der Waals surface area contributed by atoms with Crippen LogP contribution in [0.3, 0.4) is 0 Å². The molecule has 4 aromatic rings. The van der Waals surface area contributed by atoms with Crippen molar-refractivity contribution in [1.29, 1.82) is 0 Å². The summed E-state index contributed by atoms with van der Waals surface area (Å²) in [6.45, 7) is 0.233. The number of para-hydroxylation sites is 1. The van der Waals surface area contributed by atoms with Crippen molar-refractivity contribution in [3.05, 3.63) is 132 Å². The first-order valence-corrected chi connectivity index (χ1v) is 13.5. The molecule has 0 atom stereocenters. The first-order valence-electron chi connectivity index (χ1n) is 12.0. The quantitative estimate of drug-likeness (QED) is 0.274. The smallest absolute Gasteiger partial charge is 0.338 e. The molecule has 194 valence electrons. The summed E-state index contributed by atoms with van der Waals surface area (Å²) in [7, 11) is -2.46. The van der Waals surface area contributed by atoms with E-state index in [9.17, 15) is 18.0 Å². The number of carbonyl (C=O) groups excluding carboxylic acids is 2. The first-order chi connectivity index (χ1) is 18.3. The topological polar surface area (TPSA) is 84.0 Å². The third-order valence-corrected chi connectivity index (χ3v) is 7.74. The number of nitrogens with zero attached hydrogens (tertiary/aromatic N) is 2. The fraction of sp³-hybridized carbons (Fsp3) is 0.133. The lowest BCUT2D eigenvalue weighted by atomic mass is 10.1. The van der Waals surface area contributed by atoms with Crippen molar-refractivity contribution in [2.75, 3.05) is 18.0 Å². The maximum atomic E-state index is 13.1. The van der Waals surface area contributed by atoms with Crippen molar-refractivity contribution < 1.29 is 22.7 Å². The average molecular weight is 529 g/mol. The Kier molecular flexibility index (Phi) is 8.55. The Morgan fingerprint density at radius 3 is 1.79 bits per heavy atom. The molecule has 38 heavy (non-hydrogen) atoms. The molecule has 0 saturated heterocycles. The molecule has 4 aromatic carbocycles. The highest BCUT2D eigenvalue weighted by Gasteiger charge is 2.23. The van der Waals surface area contributed by atoms with Crippen molar-refractivity contribution in [3.63, 3.8) is 0 Å². The van der Waals surface area contributed by atoms with Gasteiger partial charge in [-0.1, -0.05) is 84.9 Å². The molecular formula is C30H28N2O5S. The Morgan fingerprint density at radius 2 is 1.24 bits per heavy atom. The number of benzene rings is 4. The van der Waals surface area contributed by atoms with E-state index in [1.165, 1.54) is 31.3 Å². The van der Waals surface area contributed by atoms with Crippen LogP contribution in [-0.4, -0.2) is 38.8 Å². The van der Waals surface area contributed by atoms with Crippen LogP contribution in [0.2, 0.25) is 0 Å². The van der Waals surface area contributed by atoms with Crippen LogP contribution in [-0.2, 0) is 32.6 Å². The Balaban J connectivity index is 1.46. The van der Waals surface area contributed by atoms with Crippen LogP contribution in [0.25, 0.3) is 0 Å². The summed E-state index contributed by atoms with van der Waals surface area (Å²) >= 11 is 0. The summed E-state index contributed by atoms with van der Waals surface area (Å²) in [4.78, 5) is 27.5. The number of ether oxygens (including phenoxy) is 1. The molecule has 0 bridgehead atoms. The Hall–Kier alpha value is -4.43. The molecular weight excluding hydrogens is 500 g/mol. The molecule has 0 N–H and O–H groups in total. The third kappa shape index (κ3) is 6.66. The van der Waals surface area contributed by atoms with Gasteiger partial charge >= 0.3 is 5.97 Å². The summed E-state index contributed by atoms with van der Waals surface area (Å²) in [5.74, 6) is -1.14. The summed E-state index contributed by atoms with van der Waals surface area (Å²) in [5, 5.41) is 0. The highest BCUT2D eigenvalue weighted by molar-refractivity contribution is 7.92. The number of amides is 1. The van der Waals surface area contributed by atoms with E-state index in [4.69, 9.17) is 4.74 Å². The van der Waals surface area contributed by atoms with E-state index in [1.54, 1.807) is 35.2 Å². The summed E-state index contributed by atoms with van der Waals surface area (Å²) in [6, 6.07) is 33.3. The van der Waals surface area contributed by atoms with Crippen molar-refractivity contribution in [3.8, 4) is 0 Å². The number of esters is 1. The molecule has 0 unspecified atom stereocenters. The van der Waals surface area contributed by atoms with Crippen LogP contribution in [0.1, 0.15) is 21.5 Å². The number of hydrogen-bond donors (Lipinski definition) is 0. The van der Waals surface area contributed by atoms with Crippen LogP contribution in [0.4, 0.5) is 5.69 Å². The van der Waals surface area contributed by atoms with E-state index in [2.05, 4.69) is 0 Å². The van der Waals surface area contributed by atoms with Gasteiger partial charge in [0.25, 0.3) is 15.9 Å². The number of hydrogen-bond acceptors (Lipinski definition) is 5. The number of anilines is 1. The lowest BCUT2D eigenvalue weighted by molar-refractivity contribution is -0.135. The van der Waals surface area contributed by atoms with Gasteiger partial charge in [0.2, 0.25) is 0 Å². The third-order valence-electron chi connectivity index (χ3n) is 5.96. The number of rotatable bonds is 10. The van der Waals surface area contributed by atoms with Crippen molar-refractivity contribution in [2.45, 2.75) is 18.0 Å². The highest BCUT2D eigenvalue weighted by atomic mass is 32.2. The first kappa shape index (κ1) is 26.6. The van der Waals surface area contributed by atoms with Crippen LogP contribution in [0.15, 0.2) is 120 Å². The van der Waals surface area contributed by atoms with Gasteiger partial charge in [-0.05, 0) is 41.5 Å². The zero-order chi connectivity index (χ0) is 27.0. The predicted molar refractivity (Wildman–Crippen MR) is 146 cm³/mol. The largest absolute Gasteiger partial charge is 0.452 e. The normalized spacial score (nSPS) is 11.0. The molecule has 1 amide bonds. The van der Waals surface area contributed by atoms with Crippen LogP contribution < -0.4 is 4.31 Å². The Bertz CT molecular complexity index is 1440. The van der Waals surface area contributed by atoms with Crippen molar-refractivity contribution in [2.24, 2.45) is 0 Å². The average Bonchev–Trinajstić information content (AvgIpc) is 2.96. The molecule has 0 aromatic heterocycles. The van der Waals surface area contributed by atoms with Gasteiger partial charge in [0, 0.05) is 20.1 Å². The van der Waals surface area contributed by atoms with Crippen molar-refractivity contribution >= 4 is 27.6 Å². The summed E-state index contributed by atoms with van der Waals surface area (Å²) in [6.07, 6.45) is 0. The van der Waals surface area contributed by atoms with Gasteiger partial charge in [-0.3, -0.25) is 9.10 Å². The van der Waals surface area contributed by atoms with E-state index in [0.717, 1.165) is 15.4 Å². The van der Waals surface area contributed by atoms with Crippen LogP contribution in [0.5, 0.6) is 0 Å². The van der Waals surface area contributed by atoms with E-state index in [0.29, 0.717) is 18.8 Å². The molecule has 7 nitrogen and oxygen atoms in total. The standard InChI is InChI=1S/C30H28N2O5S/c1-31(27-17-9-4-10-18-27)38(35,36)28-19-11-16-26(20-28)30(34)37-23-29(33)32(21-24-12-5-2-6-13-24)22-25-14-7-3-8-15-25/h2-20H,21-23H2,1H3. The zero-order valence-corrected chi connectivity index (χ0v) is 21.8. The molecule has 4 rings (SSSR count). The Labute approximate surface area is 223 Å². The molecule has 0 fully saturated rings. The minimum atomic E-state index is -3.91. The van der Waals surface area contributed by atoms with Gasteiger partial charge in [-0.25, -0.2) is 13.2 Å². The van der Waals surface area contributed by atoms with E-state index in [1.807, 2.05) is 60.7 Å². The molecule has 0 saturated carbocycles. The van der Waals surface area contributed by atoms with Gasteiger partial charge in [0.1, 0.15) is 0 Å². The number of sulfonamides is 1. The molecule has 0 aliphatic rings. The molecule has 0 heterocycles. The zero-order valence-electron chi connectivity index (χ0n) is 20.9. The molecule has 0 radical (unpaired) electrons. The highest BCUT2D eigenvalue weighted by Crippen LogP contribution is 2.22. The van der Waals surface area contributed by atoms with E-state index < -0.39 is 22.6 Å². The van der Waals surface area contributed by atoms with Gasteiger partial charge < -0.3 is 9.64 Å². The minimum absolute atomic E-state index is 0.0398. The predicted octanol–water partition coefficient (Wildman–Crippen LogP) is 4.90. The second-order valence-electron chi connectivity index (χ2n) is 8.63. The van der Waals surface area contributed by atoms with Gasteiger partial charge in [-0.15, -0.1) is 0 Å². The van der Waals surface area contributed by atoms with E-state index >= 15 is 0 Å². The SMILES string of the molecule is CN(c1ccccc1)S(=O)(=O)c1cccc(C(=O)OCC(=O)N(Cc2ccccc2)Cc2ccccc2)c1. The summed E-state index contributed by atoms with van der Waals surface area (Å²) in [5.41, 5.74) is 2.42. The second kappa shape index (κ2) is 12.2. The van der Waals surface area contributed by atoms with Crippen molar-refractivity contribution in [1.82, 2.24) is 4.90 Å². The molecule has 0 aliphatic heterocycles. The maximum Gasteiger partial charge on any atom is 0.338 e. The van der Waals surface area contributed by atoms with Gasteiger partial charge in [0.15, 0.2) is 6.61 Å². The van der Waals surface area contributed by atoms with Crippen LogP contribution >= 0.6 is 0 Å². The molecule has 0 spiro atoms. The molecule has 8 heteroatoms. The fourth-order valence-electron chi connectivity index (χ4n) is 3.86. The fourth-order valence-corrected chi connectivity index (χ4v) is 5.10.